The summed E-state index contributed by atoms with van der Waals surface area (Å²) in [6.07, 6.45) is -2.18. The lowest BCUT2D eigenvalue weighted by Gasteiger charge is -2.34. The lowest BCUT2D eigenvalue weighted by molar-refractivity contribution is -0.165. The third-order valence-electron chi connectivity index (χ3n) is 4.75. The first kappa shape index (κ1) is 27.6. The molecule has 0 saturated carbocycles. The van der Waals surface area contributed by atoms with E-state index in [0.717, 1.165) is 50.0 Å². The molecule has 1 aromatic carbocycles. The number of hydrogen-bond donors (Lipinski definition) is 5. The lowest BCUT2D eigenvalue weighted by atomic mass is 10.0. The number of ether oxygens (including phenoxy) is 1. The molecule has 0 amide bonds. The van der Waals surface area contributed by atoms with Crippen molar-refractivity contribution < 1.29 is 34.8 Å². The van der Waals surface area contributed by atoms with Gasteiger partial charge < -0.3 is 30.5 Å². The number of piperidine rings is 1. The Kier molecular flexibility index (Phi) is 13.0. The Hall–Kier alpha value is -1.46. The van der Waals surface area contributed by atoms with Crippen molar-refractivity contribution in [3.05, 3.63) is 33.8 Å². The average Bonchev–Trinajstić information content (AvgIpc) is 2.74. The van der Waals surface area contributed by atoms with Gasteiger partial charge in [-0.25, -0.2) is 9.59 Å². The molecular formula is C20H30Cl2N2O7. The van der Waals surface area contributed by atoms with Gasteiger partial charge in [-0.3, -0.25) is 4.90 Å². The SMILES string of the molecule is CCOCCN(Cc1ccc(Cl)cc1Cl)C1CCNCC1.O=C(O)[C@H](O)[C@@H](O)C(=O)O. The smallest absolute Gasteiger partial charge is 0.335 e. The number of aliphatic hydroxyl groups excluding tert-OH is 2. The van der Waals surface area contributed by atoms with Crippen molar-refractivity contribution >= 4 is 35.1 Å². The van der Waals surface area contributed by atoms with Crippen LogP contribution in [-0.2, 0) is 20.9 Å². The first-order valence-corrected chi connectivity index (χ1v) is 10.7. The number of aliphatic hydroxyl groups is 2. The third-order valence-corrected chi connectivity index (χ3v) is 5.33. The molecule has 2 atom stereocenters. The molecule has 176 valence electrons. The molecule has 0 spiro atoms. The minimum atomic E-state index is -2.27. The summed E-state index contributed by atoms with van der Waals surface area (Å²) >= 11 is 12.3. The molecule has 11 heteroatoms. The van der Waals surface area contributed by atoms with Crippen molar-refractivity contribution in [2.75, 3.05) is 32.8 Å². The monoisotopic (exact) mass is 480 g/mol. The summed E-state index contributed by atoms with van der Waals surface area (Å²) in [5, 5.41) is 37.4. The Labute approximate surface area is 191 Å². The molecule has 1 saturated heterocycles. The molecule has 9 nitrogen and oxygen atoms in total. The van der Waals surface area contributed by atoms with Gasteiger partial charge in [0.1, 0.15) is 0 Å². The highest BCUT2D eigenvalue weighted by molar-refractivity contribution is 6.35. The molecule has 5 N–H and O–H groups in total. The van der Waals surface area contributed by atoms with Crippen molar-refractivity contribution in [2.24, 2.45) is 0 Å². The summed E-state index contributed by atoms with van der Waals surface area (Å²) in [5.74, 6) is -3.54. The summed E-state index contributed by atoms with van der Waals surface area (Å²) in [5.41, 5.74) is 1.14. The molecule has 0 bridgehead atoms. The van der Waals surface area contributed by atoms with Gasteiger partial charge in [0.15, 0.2) is 12.2 Å². The van der Waals surface area contributed by atoms with Crippen LogP contribution in [0.5, 0.6) is 0 Å². The van der Waals surface area contributed by atoms with E-state index in [1.807, 2.05) is 25.1 Å². The van der Waals surface area contributed by atoms with Crippen LogP contribution in [0, 0.1) is 0 Å². The Morgan fingerprint density at radius 3 is 2.23 bits per heavy atom. The number of hydrogen-bond acceptors (Lipinski definition) is 7. The highest BCUT2D eigenvalue weighted by Crippen LogP contribution is 2.24. The van der Waals surface area contributed by atoms with Crippen LogP contribution in [0.3, 0.4) is 0 Å². The van der Waals surface area contributed by atoms with Crippen molar-refractivity contribution in [1.82, 2.24) is 10.2 Å². The number of carboxylic acid groups (broad SMARTS) is 2. The first-order valence-electron chi connectivity index (χ1n) is 9.95. The maximum absolute atomic E-state index is 9.77. The highest BCUT2D eigenvalue weighted by Gasteiger charge is 2.29. The quantitative estimate of drug-likeness (QED) is 0.314. The lowest BCUT2D eigenvalue weighted by Crippen LogP contribution is -2.44. The molecule has 31 heavy (non-hydrogen) atoms. The summed E-state index contributed by atoms with van der Waals surface area (Å²) in [6, 6.07) is 6.35. The minimum Gasteiger partial charge on any atom is -0.479 e. The fourth-order valence-corrected chi connectivity index (χ4v) is 3.50. The zero-order valence-electron chi connectivity index (χ0n) is 17.3. The molecule has 0 aliphatic carbocycles. The standard InChI is InChI=1S/C16H24Cl2N2O.C4H6O6/c1-2-21-10-9-20(15-5-7-19-8-6-15)12-13-3-4-14(17)11-16(13)18;5-1(3(7)8)2(6)4(9)10/h3-4,11,15,19H,2,5-10,12H2,1H3;1-2,5-6H,(H,7,8)(H,9,10)/t;1-,2-/m.1/s1. The van der Waals surface area contributed by atoms with E-state index in [4.69, 9.17) is 48.4 Å². The number of nitrogens with zero attached hydrogens (tertiary/aromatic N) is 1. The third kappa shape index (κ3) is 10.1. The van der Waals surface area contributed by atoms with Gasteiger partial charge in [0.2, 0.25) is 0 Å². The van der Waals surface area contributed by atoms with Crippen LogP contribution >= 0.6 is 23.2 Å². The topological polar surface area (TPSA) is 140 Å². The summed E-state index contributed by atoms with van der Waals surface area (Å²) in [7, 11) is 0. The Morgan fingerprint density at radius 2 is 1.74 bits per heavy atom. The van der Waals surface area contributed by atoms with E-state index < -0.39 is 24.1 Å². The molecular weight excluding hydrogens is 451 g/mol. The molecule has 1 aliphatic heterocycles. The summed E-state index contributed by atoms with van der Waals surface area (Å²) < 4.78 is 5.53. The fraction of sp³-hybridized carbons (Fsp3) is 0.600. The van der Waals surface area contributed by atoms with Crippen molar-refractivity contribution in [2.45, 2.75) is 44.6 Å². The Balaban J connectivity index is 0.000000407. The number of rotatable bonds is 10. The second-order valence-corrected chi connectivity index (χ2v) is 7.79. The van der Waals surface area contributed by atoms with Crippen molar-refractivity contribution in [1.29, 1.82) is 0 Å². The number of carbonyl (C=O) groups is 2. The van der Waals surface area contributed by atoms with Crippen LogP contribution in [-0.4, -0.2) is 88.4 Å². The van der Waals surface area contributed by atoms with Crippen LogP contribution in [0.15, 0.2) is 18.2 Å². The van der Waals surface area contributed by atoms with Crippen LogP contribution in [0.2, 0.25) is 10.0 Å². The van der Waals surface area contributed by atoms with Crippen LogP contribution in [0.25, 0.3) is 0 Å². The molecule has 0 aromatic heterocycles. The number of aliphatic carboxylic acids is 2. The summed E-state index contributed by atoms with van der Waals surface area (Å²) in [4.78, 5) is 22.0. The van der Waals surface area contributed by atoms with E-state index in [1.165, 1.54) is 12.8 Å². The van der Waals surface area contributed by atoms with Gasteiger partial charge in [-0.05, 0) is 50.6 Å². The van der Waals surface area contributed by atoms with E-state index in [9.17, 15) is 9.59 Å². The summed E-state index contributed by atoms with van der Waals surface area (Å²) in [6.45, 7) is 7.54. The van der Waals surface area contributed by atoms with Gasteiger partial charge in [0.25, 0.3) is 0 Å². The second-order valence-electron chi connectivity index (χ2n) is 6.95. The zero-order chi connectivity index (χ0) is 23.4. The van der Waals surface area contributed by atoms with Gasteiger partial charge in [-0.2, -0.15) is 0 Å². The number of halogens is 2. The largest absolute Gasteiger partial charge is 0.479 e. The normalized spacial score (nSPS) is 16.3. The molecule has 0 unspecified atom stereocenters. The van der Waals surface area contributed by atoms with Gasteiger partial charge in [0, 0.05) is 35.8 Å². The van der Waals surface area contributed by atoms with Gasteiger partial charge in [-0.15, -0.1) is 0 Å². The molecule has 1 fully saturated rings. The van der Waals surface area contributed by atoms with Gasteiger partial charge >= 0.3 is 11.9 Å². The van der Waals surface area contributed by atoms with E-state index in [0.29, 0.717) is 11.1 Å². The van der Waals surface area contributed by atoms with Crippen LogP contribution in [0.4, 0.5) is 0 Å². The zero-order valence-corrected chi connectivity index (χ0v) is 18.8. The van der Waals surface area contributed by atoms with Gasteiger partial charge in [0.05, 0.1) is 6.61 Å². The van der Waals surface area contributed by atoms with Crippen LogP contribution in [0.1, 0.15) is 25.3 Å². The minimum absolute atomic E-state index is 0.596. The second kappa shape index (κ2) is 14.6. The molecule has 0 radical (unpaired) electrons. The molecule has 1 aliphatic rings. The Morgan fingerprint density at radius 1 is 1.16 bits per heavy atom. The van der Waals surface area contributed by atoms with E-state index >= 15 is 0 Å². The van der Waals surface area contributed by atoms with Crippen molar-refractivity contribution in [3.8, 4) is 0 Å². The number of benzene rings is 1. The van der Waals surface area contributed by atoms with Gasteiger partial charge in [-0.1, -0.05) is 29.3 Å². The average molecular weight is 481 g/mol. The maximum atomic E-state index is 9.77. The highest BCUT2D eigenvalue weighted by atomic mass is 35.5. The van der Waals surface area contributed by atoms with E-state index in [1.54, 1.807) is 0 Å². The first-order chi connectivity index (χ1) is 14.7. The molecule has 2 rings (SSSR count). The maximum Gasteiger partial charge on any atom is 0.335 e. The van der Waals surface area contributed by atoms with Crippen molar-refractivity contribution in [3.63, 3.8) is 0 Å². The number of nitrogens with one attached hydrogen (secondary N) is 1. The fourth-order valence-electron chi connectivity index (χ4n) is 3.03. The predicted molar refractivity (Wildman–Crippen MR) is 117 cm³/mol. The van der Waals surface area contributed by atoms with E-state index in [-0.39, 0.29) is 0 Å². The van der Waals surface area contributed by atoms with Crippen LogP contribution < -0.4 is 5.32 Å². The predicted octanol–water partition coefficient (Wildman–Crippen LogP) is 1.46. The number of carboxylic acids is 2. The Bertz CT molecular complexity index is 684. The molecule has 1 aromatic rings. The van der Waals surface area contributed by atoms with E-state index in [2.05, 4.69) is 10.2 Å². The molecule has 1 heterocycles.